The number of likely N-dealkylation sites (N-methyl/N-ethyl adjacent to an activating group) is 1. The van der Waals surface area contributed by atoms with Crippen molar-refractivity contribution < 1.29 is 56.1 Å². The Morgan fingerprint density at radius 1 is 1.07 bits per heavy atom. The highest BCUT2D eigenvalue weighted by molar-refractivity contribution is 5.98. The summed E-state index contributed by atoms with van der Waals surface area (Å²) in [6.07, 6.45) is -3.55. The molecule has 1 unspecified atom stereocenters. The normalized spacial score (nSPS) is 25.2. The molecule has 1 aromatic heterocycles. The van der Waals surface area contributed by atoms with E-state index in [1.807, 2.05) is 0 Å². The lowest BCUT2D eigenvalue weighted by molar-refractivity contribution is -0.164. The molecule has 1 fully saturated rings. The van der Waals surface area contributed by atoms with Gasteiger partial charge in [-0.1, -0.05) is 20.8 Å². The van der Waals surface area contributed by atoms with Crippen molar-refractivity contribution in [2.24, 2.45) is 11.8 Å². The van der Waals surface area contributed by atoms with Crippen LogP contribution in [0.2, 0.25) is 0 Å². The summed E-state index contributed by atoms with van der Waals surface area (Å²) < 4.78 is 76.4. The van der Waals surface area contributed by atoms with Gasteiger partial charge in [0.2, 0.25) is 17.6 Å². The molecule has 0 radical (unpaired) electrons. The Bertz CT molecular complexity index is 1430. The molecule has 0 aliphatic carbocycles. The first-order chi connectivity index (χ1) is 20.5. The molecule has 1 saturated heterocycles. The summed E-state index contributed by atoms with van der Waals surface area (Å²) in [5, 5.41) is 25.6. The molecule has 6 atom stereocenters. The number of benzene rings is 1. The Morgan fingerprint density at radius 2 is 1.64 bits per heavy atom. The van der Waals surface area contributed by atoms with Gasteiger partial charge in [-0.15, -0.1) is 0 Å². The van der Waals surface area contributed by atoms with Gasteiger partial charge in [0.1, 0.15) is 23.9 Å². The molecule has 0 saturated carbocycles. The first-order valence-corrected chi connectivity index (χ1v) is 13.4. The number of carbonyl (C=O) groups is 4. The Morgan fingerprint density at radius 3 is 2.18 bits per heavy atom. The number of rotatable bonds is 5. The third-order valence-electron chi connectivity index (χ3n) is 7.35. The molecule has 240 valence electrons. The van der Waals surface area contributed by atoms with Crippen LogP contribution in [0.1, 0.15) is 43.7 Å². The molecule has 3 rings (SSSR count). The van der Waals surface area contributed by atoms with Gasteiger partial charge >= 0.3 is 5.97 Å². The Hall–Kier alpha value is -4.34. The first kappa shape index (κ1) is 34.2. The van der Waals surface area contributed by atoms with Gasteiger partial charge in [0.05, 0.1) is 18.1 Å². The fourth-order valence-electron chi connectivity index (χ4n) is 4.91. The predicted octanol–water partition coefficient (Wildman–Crippen LogP) is 1.73. The topological polar surface area (TPSA) is 158 Å². The molecular weight excluding hydrogens is 599 g/mol. The maximum absolute atomic E-state index is 14.6. The maximum atomic E-state index is 14.6. The van der Waals surface area contributed by atoms with Crippen molar-refractivity contribution in [1.82, 2.24) is 20.5 Å². The monoisotopic (exact) mass is 630 g/mol. The van der Waals surface area contributed by atoms with E-state index >= 15 is 0 Å². The number of ether oxygens (including phenoxy) is 1. The lowest BCUT2D eigenvalue weighted by Crippen LogP contribution is -2.61. The highest BCUT2D eigenvalue weighted by Crippen LogP contribution is 2.27. The zero-order chi connectivity index (χ0) is 33.2. The minimum absolute atomic E-state index is 0.526. The smallest absolute Gasteiger partial charge is 0.329 e. The second-order valence-corrected chi connectivity index (χ2v) is 10.7. The van der Waals surface area contributed by atoms with Crippen molar-refractivity contribution in [2.75, 3.05) is 7.05 Å². The summed E-state index contributed by atoms with van der Waals surface area (Å²) in [6, 6.07) is -2.53. The predicted molar refractivity (Wildman–Crippen MR) is 141 cm³/mol. The van der Waals surface area contributed by atoms with Crippen molar-refractivity contribution in [3.63, 3.8) is 0 Å². The van der Waals surface area contributed by atoms with Gasteiger partial charge in [-0.05, 0) is 25.0 Å². The van der Waals surface area contributed by atoms with E-state index in [9.17, 15) is 51.3 Å². The van der Waals surface area contributed by atoms with Crippen LogP contribution in [0.15, 0.2) is 18.3 Å². The van der Waals surface area contributed by atoms with Crippen molar-refractivity contribution in [3.05, 3.63) is 58.7 Å². The van der Waals surface area contributed by atoms with Crippen LogP contribution in [0.25, 0.3) is 0 Å². The van der Waals surface area contributed by atoms with Crippen LogP contribution in [-0.4, -0.2) is 81.2 Å². The van der Waals surface area contributed by atoms with Crippen LogP contribution in [0.4, 0.5) is 22.0 Å². The van der Waals surface area contributed by atoms with Crippen LogP contribution in [0.3, 0.4) is 0 Å². The summed E-state index contributed by atoms with van der Waals surface area (Å²) in [5.74, 6) is -18.2. The molecule has 1 aliphatic rings. The second kappa shape index (κ2) is 13.5. The summed E-state index contributed by atoms with van der Waals surface area (Å²) in [4.78, 5) is 57.7. The summed E-state index contributed by atoms with van der Waals surface area (Å²) in [7, 11) is 1.23. The highest BCUT2D eigenvalue weighted by atomic mass is 19.2. The molecule has 1 aromatic carbocycles. The number of hydrogen-bond acceptors (Lipinski definition) is 8. The number of esters is 1. The fraction of sp³-hybridized carbons (Fsp3) is 0.464. The molecule has 11 nitrogen and oxygen atoms in total. The van der Waals surface area contributed by atoms with E-state index in [2.05, 4.69) is 15.6 Å². The highest BCUT2D eigenvalue weighted by Gasteiger charge is 2.42. The number of aliphatic hydroxyl groups is 1. The molecule has 0 spiro atoms. The zero-order valence-electron chi connectivity index (χ0n) is 24.2. The Kier molecular flexibility index (Phi) is 10.5. The third-order valence-corrected chi connectivity index (χ3v) is 7.35. The number of aliphatic hydroxyl groups excluding tert-OH is 1. The van der Waals surface area contributed by atoms with E-state index in [4.69, 9.17) is 4.74 Å². The van der Waals surface area contributed by atoms with Crippen LogP contribution in [-0.2, 0) is 25.5 Å². The summed E-state index contributed by atoms with van der Waals surface area (Å²) in [5.41, 5.74) is -1.91. The van der Waals surface area contributed by atoms with Crippen molar-refractivity contribution in [2.45, 2.75) is 64.4 Å². The molecule has 1 aliphatic heterocycles. The Labute approximate surface area is 248 Å². The lowest BCUT2D eigenvalue weighted by Gasteiger charge is -2.37. The van der Waals surface area contributed by atoms with Crippen molar-refractivity contribution >= 4 is 23.7 Å². The number of amides is 3. The molecular formula is C28H31F5N4O7. The number of aromatic nitrogens is 1. The largest absolute Gasteiger partial charge is 0.505 e. The van der Waals surface area contributed by atoms with E-state index in [0.717, 1.165) is 17.2 Å². The van der Waals surface area contributed by atoms with Crippen LogP contribution < -0.4 is 10.6 Å². The minimum atomic E-state index is -2.42. The van der Waals surface area contributed by atoms with Gasteiger partial charge in [-0.25, -0.2) is 31.7 Å². The Balaban J connectivity index is 2.14. The van der Waals surface area contributed by atoms with Gasteiger partial charge in [-0.3, -0.25) is 14.4 Å². The van der Waals surface area contributed by atoms with Gasteiger partial charge in [-0.2, -0.15) is 0 Å². The van der Waals surface area contributed by atoms with E-state index in [-0.39, 0.29) is 0 Å². The average molecular weight is 631 g/mol. The van der Waals surface area contributed by atoms with Gasteiger partial charge < -0.3 is 30.5 Å². The van der Waals surface area contributed by atoms with Crippen LogP contribution >= 0.6 is 0 Å². The number of nitrogens with zero attached hydrogens (tertiary/aromatic N) is 2. The number of aromatic hydroxyl groups is 1. The maximum Gasteiger partial charge on any atom is 0.329 e. The van der Waals surface area contributed by atoms with E-state index in [0.29, 0.717) is 0 Å². The van der Waals surface area contributed by atoms with Gasteiger partial charge in [0.25, 0.3) is 5.91 Å². The number of hydrogen-bond donors (Lipinski definition) is 4. The third kappa shape index (κ3) is 6.74. The number of carbonyl (C=O) groups excluding carboxylic acids is 4. The number of cyclic esters (lactones) is 1. The minimum Gasteiger partial charge on any atom is -0.505 e. The molecule has 44 heavy (non-hydrogen) atoms. The number of halogens is 5. The van der Waals surface area contributed by atoms with Gasteiger partial charge in [0, 0.05) is 25.2 Å². The van der Waals surface area contributed by atoms with Crippen LogP contribution in [0, 0.1) is 40.9 Å². The summed E-state index contributed by atoms with van der Waals surface area (Å²) >= 11 is 0. The van der Waals surface area contributed by atoms with E-state index in [1.54, 1.807) is 13.8 Å². The zero-order valence-corrected chi connectivity index (χ0v) is 24.2. The van der Waals surface area contributed by atoms with Crippen LogP contribution in [0.5, 0.6) is 5.75 Å². The average Bonchev–Trinajstić information content (AvgIpc) is 2.97. The quantitative estimate of drug-likeness (QED) is 0.168. The molecule has 2 heterocycles. The molecule has 2 aromatic rings. The SMILES string of the molecule is CC(C)C1C(=O)O[C@H](C)[C@H](NC(=O)c2ncccc2O)C(=O)N[C@@H](Cc2c(F)c(F)c(F)c(F)c2F)[C@@H](O)[C@@H](C)C(=O)N1C. The fourth-order valence-corrected chi connectivity index (χ4v) is 4.91. The van der Waals surface area contributed by atoms with Gasteiger partial charge in [0.15, 0.2) is 29.0 Å². The van der Waals surface area contributed by atoms with E-state index < -0.39 is 118 Å². The number of nitrogens with one attached hydrogen (secondary N) is 2. The molecule has 3 amide bonds. The lowest BCUT2D eigenvalue weighted by atomic mass is 9.90. The standard InChI is InChI=1S/C28H31F5N4O7/c1-10(2)23-28(43)44-12(4)21(36-26(41)22-15(38)7-6-8-34-22)25(40)35-14(24(39)11(3)27(42)37(23)5)9-13-16(29)18(31)20(33)19(32)17(13)30/h6-8,10-12,14,21,23-24,38-39H,9H2,1-5H3,(H,35,40)(H,36,41)/t11-,12-,14+,21+,23?,24+/m1/s1. The first-order valence-electron chi connectivity index (χ1n) is 13.4. The summed E-state index contributed by atoms with van der Waals surface area (Å²) in [6.45, 7) is 5.52. The van der Waals surface area contributed by atoms with Crippen molar-refractivity contribution in [1.29, 1.82) is 0 Å². The van der Waals surface area contributed by atoms with E-state index in [1.165, 1.54) is 27.0 Å². The molecule has 16 heteroatoms. The van der Waals surface area contributed by atoms with Crippen molar-refractivity contribution in [3.8, 4) is 5.75 Å². The second-order valence-electron chi connectivity index (χ2n) is 10.7. The number of pyridine rings is 1. The molecule has 4 N–H and O–H groups in total. The molecule has 0 bridgehead atoms.